The monoisotopic (exact) mass is 314 g/mol. The number of ketones is 1. The molecule has 108 valence electrons. The molecule has 1 aliphatic heterocycles. The molecule has 0 fully saturated rings. The van der Waals surface area contributed by atoms with E-state index in [1.54, 1.807) is 24.3 Å². The van der Waals surface area contributed by atoms with Crippen molar-refractivity contribution in [3.8, 4) is 0 Å². The first-order valence-corrected chi connectivity index (χ1v) is 9.41. The average Bonchev–Trinajstić information content (AvgIpc) is 2.35. The van der Waals surface area contributed by atoms with Crippen LogP contribution in [0.1, 0.15) is 10.4 Å². The number of benzene rings is 1. The van der Waals surface area contributed by atoms with E-state index in [0.717, 1.165) is 10.5 Å². The largest absolute Gasteiger partial charge is 0.288 e. The van der Waals surface area contributed by atoms with Gasteiger partial charge in [-0.3, -0.25) is 9.10 Å². The highest BCUT2D eigenvalue weighted by molar-refractivity contribution is 7.97. The van der Waals surface area contributed by atoms with E-state index in [2.05, 4.69) is 4.36 Å². The first-order valence-electron chi connectivity index (χ1n) is 5.63. The van der Waals surface area contributed by atoms with Crippen molar-refractivity contribution in [2.24, 2.45) is 4.36 Å². The van der Waals surface area contributed by atoms with Gasteiger partial charge in [-0.15, -0.1) is 0 Å². The van der Waals surface area contributed by atoms with Crippen molar-refractivity contribution in [1.82, 2.24) is 0 Å². The van der Waals surface area contributed by atoms with Crippen LogP contribution < -0.4 is 4.31 Å². The maximum absolute atomic E-state index is 12.3. The highest BCUT2D eigenvalue weighted by atomic mass is 32.2. The van der Waals surface area contributed by atoms with E-state index in [1.165, 1.54) is 19.6 Å². The molecule has 2 rings (SSSR count). The number of carbonyl (C=O) groups excluding carboxylic acids is 1. The lowest BCUT2D eigenvalue weighted by atomic mass is 10.1. The van der Waals surface area contributed by atoms with E-state index in [1.807, 2.05) is 0 Å². The summed E-state index contributed by atoms with van der Waals surface area (Å²) in [6, 6.07) is 6.41. The SMILES string of the molecule is CN1c2ccccc2C(=O)C(=CN=S(C)(C)=O)S1(=O)=O. The molecule has 0 amide bonds. The quantitative estimate of drug-likeness (QED) is 0.730. The molecule has 0 aromatic heterocycles. The molecule has 0 spiro atoms. The fourth-order valence-corrected chi connectivity index (χ4v) is 3.44. The van der Waals surface area contributed by atoms with Crippen LogP contribution in [0.3, 0.4) is 0 Å². The van der Waals surface area contributed by atoms with Crippen molar-refractivity contribution in [2.45, 2.75) is 0 Å². The Labute approximate surface area is 118 Å². The summed E-state index contributed by atoms with van der Waals surface area (Å²) in [5, 5.41) is 0. The van der Waals surface area contributed by atoms with Gasteiger partial charge in [-0.05, 0) is 12.1 Å². The topological polar surface area (TPSA) is 83.9 Å². The van der Waals surface area contributed by atoms with E-state index >= 15 is 0 Å². The van der Waals surface area contributed by atoms with Crippen LogP contribution >= 0.6 is 0 Å². The molecule has 1 heterocycles. The van der Waals surface area contributed by atoms with Crippen LogP contribution in [0.4, 0.5) is 5.69 Å². The first kappa shape index (κ1) is 14.7. The van der Waals surface area contributed by atoms with Crippen LogP contribution in [0.2, 0.25) is 0 Å². The molecular weight excluding hydrogens is 300 g/mol. The van der Waals surface area contributed by atoms with Crippen molar-refractivity contribution >= 4 is 31.2 Å². The van der Waals surface area contributed by atoms with Crippen molar-refractivity contribution in [3.63, 3.8) is 0 Å². The Hall–Kier alpha value is -1.67. The molecule has 20 heavy (non-hydrogen) atoms. The molecule has 1 aliphatic rings. The Morgan fingerprint density at radius 2 is 1.85 bits per heavy atom. The molecule has 0 saturated carbocycles. The number of fused-ring (bicyclic) bond motifs is 1. The lowest BCUT2D eigenvalue weighted by Gasteiger charge is -2.27. The van der Waals surface area contributed by atoms with Gasteiger partial charge in [0, 0.05) is 34.9 Å². The molecule has 0 radical (unpaired) electrons. The van der Waals surface area contributed by atoms with Crippen molar-refractivity contribution in [3.05, 3.63) is 40.9 Å². The summed E-state index contributed by atoms with van der Waals surface area (Å²) in [5.74, 6) is -0.633. The van der Waals surface area contributed by atoms with Crippen LogP contribution in [0.25, 0.3) is 0 Å². The van der Waals surface area contributed by atoms with E-state index in [9.17, 15) is 17.4 Å². The molecule has 0 atom stereocenters. The molecule has 0 aliphatic carbocycles. The Kier molecular flexibility index (Phi) is 3.47. The molecular formula is C12H14N2O4S2. The third kappa shape index (κ3) is 2.48. The van der Waals surface area contributed by atoms with Gasteiger partial charge in [-0.2, -0.15) is 0 Å². The highest BCUT2D eigenvalue weighted by Crippen LogP contribution is 2.33. The van der Waals surface area contributed by atoms with Gasteiger partial charge in [0.2, 0.25) is 5.78 Å². The summed E-state index contributed by atoms with van der Waals surface area (Å²) in [4.78, 5) is 11.8. The fourth-order valence-electron chi connectivity index (χ4n) is 1.77. The minimum atomic E-state index is -3.96. The molecule has 8 heteroatoms. The number of anilines is 1. The summed E-state index contributed by atoms with van der Waals surface area (Å²) >= 11 is 0. The minimum absolute atomic E-state index is 0.282. The molecule has 0 saturated heterocycles. The van der Waals surface area contributed by atoms with E-state index in [4.69, 9.17) is 0 Å². The van der Waals surface area contributed by atoms with Gasteiger partial charge in [0.25, 0.3) is 10.0 Å². The Bertz CT molecular complexity index is 823. The van der Waals surface area contributed by atoms with Crippen molar-refractivity contribution < 1.29 is 17.4 Å². The standard InChI is InChI=1S/C12H14N2O4S2/c1-14-10-7-5-4-6-9(10)12(15)11(20(14,17)18)8-13-19(2,3)16/h4-8H,1-3H3. The third-order valence-corrected chi connectivity index (χ3v) is 5.15. The zero-order chi connectivity index (χ0) is 15.1. The lowest BCUT2D eigenvalue weighted by molar-refractivity contribution is 0.104. The van der Waals surface area contributed by atoms with Crippen LogP contribution in [-0.4, -0.2) is 38.0 Å². The van der Waals surface area contributed by atoms with Gasteiger partial charge < -0.3 is 0 Å². The van der Waals surface area contributed by atoms with E-state index in [0.29, 0.717) is 5.69 Å². The Morgan fingerprint density at radius 1 is 1.25 bits per heavy atom. The van der Waals surface area contributed by atoms with Crippen LogP contribution in [0.15, 0.2) is 39.7 Å². The highest BCUT2D eigenvalue weighted by Gasteiger charge is 2.37. The average molecular weight is 314 g/mol. The first-order chi connectivity index (χ1) is 9.14. The number of allylic oxidation sites excluding steroid dienone is 1. The molecule has 0 unspecified atom stereocenters. The van der Waals surface area contributed by atoms with Gasteiger partial charge in [0.1, 0.15) is 0 Å². The zero-order valence-corrected chi connectivity index (χ0v) is 12.9. The number of sulfonamides is 1. The minimum Gasteiger partial charge on any atom is -0.288 e. The number of para-hydroxylation sites is 1. The van der Waals surface area contributed by atoms with E-state index in [-0.39, 0.29) is 5.56 Å². The van der Waals surface area contributed by atoms with Gasteiger partial charge >= 0.3 is 0 Å². The summed E-state index contributed by atoms with van der Waals surface area (Å²) in [5.41, 5.74) is 0.605. The Balaban J connectivity index is 2.74. The normalized spacial score (nSPS) is 19.9. The zero-order valence-electron chi connectivity index (χ0n) is 11.2. The smallest absolute Gasteiger partial charge is 0.269 e. The summed E-state index contributed by atoms with van der Waals surface area (Å²) in [6.07, 6.45) is 3.62. The van der Waals surface area contributed by atoms with Crippen LogP contribution in [0, 0.1) is 0 Å². The van der Waals surface area contributed by atoms with E-state index < -0.39 is 30.4 Å². The lowest BCUT2D eigenvalue weighted by Crippen LogP contribution is -2.36. The summed E-state index contributed by atoms with van der Waals surface area (Å²) in [6.45, 7) is 0. The van der Waals surface area contributed by atoms with Gasteiger partial charge in [0.15, 0.2) is 4.91 Å². The maximum Gasteiger partial charge on any atom is 0.269 e. The second-order valence-electron chi connectivity index (χ2n) is 4.60. The maximum atomic E-state index is 12.3. The molecule has 1 aromatic rings. The number of rotatable bonds is 1. The van der Waals surface area contributed by atoms with Gasteiger partial charge in [-0.1, -0.05) is 12.1 Å². The number of Topliss-reactive ketones (excluding diaryl/α,β-unsaturated/α-hetero) is 1. The number of hydrogen-bond acceptors (Lipinski definition) is 5. The molecule has 0 N–H and O–H groups in total. The molecule has 0 bridgehead atoms. The van der Waals surface area contributed by atoms with Gasteiger partial charge in [0.05, 0.1) is 11.9 Å². The van der Waals surface area contributed by atoms with Crippen molar-refractivity contribution in [2.75, 3.05) is 23.9 Å². The predicted octanol–water partition coefficient (Wildman–Crippen LogP) is 1.22. The number of carbonyl (C=O) groups is 1. The summed E-state index contributed by atoms with van der Waals surface area (Å²) < 4.78 is 40.8. The second kappa shape index (κ2) is 4.71. The predicted molar refractivity (Wildman–Crippen MR) is 78.6 cm³/mol. The second-order valence-corrected chi connectivity index (χ2v) is 9.11. The van der Waals surface area contributed by atoms with Crippen LogP contribution in [0.5, 0.6) is 0 Å². The number of nitrogens with zero attached hydrogens (tertiary/aromatic N) is 2. The fraction of sp³-hybridized carbons (Fsp3) is 0.250. The van der Waals surface area contributed by atoms with Crippen molar-refractivity contribution in [1.29, 1.82) is 0 Å². The third-order valence-electron chi connectivity index (χ3n) is 2.77. The van der Waals surface area contributed by atoms with Gasteiger partial charge in [-0.25, -0.2) is 17.0 Å². The van der Waals surface area contributed by atoms with Crippen LogP contribution in [-0.2, 0) is 19.8 Å². The summed E-state index contributed by atoms with van der Waals surface area (Å²) in [7, 11) is -5.13. The number of hydrogen-bond donors (Lipinski definition) is 0. The molecule has 1 aromatic carbocycles. The molecule has 6 nitrogen and oxygen atoms in total. The Morgan fingerprint density at radius 3 is 2.45 bits per heavy atom.